The average molecular weight is 270 g/mol. The maximum Gasteiger partial charge on any atom is 0.221 e. The largest absolute Gasteiger partial charge is 0.355 e. The summed E-state index contributed by atoms with van der Waals surface area (Å²) in [5.41, 5.74) is 0.0522. The van der Waals surface area contributed by atoms with E-state index in [-0.39, 0.29) is 11.4 Å². The van der Waals surface area contributed by atoms with E-state index in [0.29, 0.717) is 6.42 Å². The molecule has 0 aliphatic heterocycles. The van der Waals surface area contributed by atoms with E-state index in [4.69, 9.17) is 0 Å². The van der Waals surface area contributed by atoms with Crippen molar-refractivity contribution in [3.63, 3.8) is 0 Å². The molecule has 0 aromatic heterocycles. The van der Waals surface area contributed by atoms with E-state index in [9.17, 15) is 4.79 Å². The first kappa shape index (κ1) is 15.6. The molecule has 2 N–H and O–H groups in total. The van der Waals surface area contributed by atoms with Crippen molar-refractivity contribution in [2.24, 2.45) is 0 Å². The fourth-order valence-electron chi connectivity index (χ4n) is 2.54. The van der Waals surface area contributed by atoms with Gasteiger partial charge in [-0.2, -0.15) is 11.8 Å². The Balaban J connectivity index is 2.22. The predicted octanol–water partition coefficient (Wildman–Crippen LogP) is 2.33. The number of carbonyl (C=O) groups excluding carboxylic acids is 1. The van der Waals surface area contributed by atoms with Gasteiger partial charge in [0.05, 0.1) is 0 Å². The SMILES string of the molecule is C=CCSCCNC(=O)CC1(NC)CCCCC1. The molecular weight excluding hydrogens is 244 g/mol. The molecule has 1 amide bonds. The zero-order chi connectivity index (χ0) is 13.3. The molecule has 1 rings (SSSR count). The predicted molar refractivity (Wildman–Crippen MR) is 80.0 cm³/mol. The summed E-state index contributed by atoms with van der Waals surface area (Å²) >= 11 is 1.80. The zero-order valence-corrected chi connectivity index (χ0v) is 12.3. The Labute approximate surface area is 115 Å². The molecule has 0 aromatic rings. The van der Waals surface area contributed by atoms with Crippen LogP contribution in [0.25, 0.3) is 0 Å². The van der Waals surface area contributed by atoms with E-state index in [1.807, 2.05) is 13.1 Å². The first-order valence-corrected chi connectivity index (χ1v) is 8.02. The molecule has 1 saturated carbocycles. The fourth-order valence-corrected chi connectivity index (χ4v) is 3.12. The Kier molecular flexibility index (Phi) is 7.44. The van der Waals surface area contributed by atoms with Crippen LogP contribution < -0.4 is 10.6 Å². The number of thioether (sulfide) groups is 1. The molecule has 0 radical (unpaired) electrons. The lowest BCUT2D eigenvalue weighted by atomic mass is 9.79. The van der Waals surface area contributed by atoms with Gasteiger partial charge in [0.15, 0.2) is 0 Å². The molecule has 104 valence electrons. The van der Waals surface area contributed by atoms with E-state index in [1.54, 1.807) is 11.8 Å². The van der Waals surface area contributed by atoms with Gasteiger partial charge in [0.2, 0.25) is 5.91 Å². The minimum absolute atomic E-state index is 0.0522. The number of rotatable bonds is 8. The summed E-state index contributed by atoms with van der Waals surface area (Å²) in [4.78, 5) is 11.9. The molecule has 0 heterocycles. The molecule has 0 unspecified atom stereocenters. The highest BCUT2D eigenvalue weighted by Crippen LogP contribution is 2.30. The summed E-state index contributed by atoms with van der Waals surface area (Å²) in [6, 6.07) is 0. The molecule has 1 fully saturated rings. The minimum atomic E-state index is 0.0522. The van der Waals surface area contributed by atoms with Crippen molar-refractivity contribution >= 4 is 17.7 Å². The molecule has 4 heteroatoms. The lowest BCUT2D eigenvalue weighted by Crippen LogP contribution is -2.48. The first-order chi connectivity index (χ1) is 8.72. The quantitative estimate of drug-likeness (QED) is 0.525. The van der Waals surface area contributed by atoms with Crippen molar-refractivity contribution in [2.45, 2.75) is 44.1 Å². The van der Waals surface area contributed by atoms with Gasteiger partial charge in [-0.05, 0) is 19.9 Å². The summed E-state index contributed by atoms with van der Waals surface area (Å²) < 4.78 is 0. The number of hydrogen-bond acceptors (Lipinski definition) is 3. The van der Waals surface area contributed by atoms with Crippen LogP contribution in [-0.2, 0) is 4.79 Å². The van der Waals surface area contributed by atoms with E-state index < -0.39 is 0 Å². The Morgan fingerprint density at radius 2 is 2.11 bits per heavy atom. The lowest BCUT2D eigenvalue weighted by Gasteiger charge is -2.36. The zero-order valence-electron chi connectivity index (χ0n) is 11.5. The third-order valence-corrected chi connectivity index (χ3v) is 4.61. The van der Waals surface area contributed by atoms with Crippen LogP contribution in [0.15, 0.2) is 12.7 Å². The molecule has 0 aromatic carbocycles. The standard InChI is InChI=1S/C14H26N2OS/c1-3-10-18-11-9-16-13(17)12-14(15-2)7-5-4-6-8-14/h3,15H,1,4-12H2,2H3,(H,16,17). The smallest absolute Gasteiger partial charge is 0.221 e. The van der Waals surface area contributed by atoms with Gasteiger partial charge >= 0.3 is 0 Å². The van der Waals surface area contributed by atoms with Gasteiger partial charge in [0.25, 0.3) is 0 Å². The Hall–Kier alpha value is -0.480. The van der Waals surface area contributed by atoms with Crippen molar-refractivity contribution in [1.82, 2.24) is 10.6 Å². The van der Waals surface area contributed by atoms with Gasteiger partial charge in [-0.1, -0.05) is 25.3 Å². The second-order valence-corrected chi connectivity index (χ2v) is 6.13. The van der Waals surface area contributed by atoms with Crippen LogP contribution in [0.2, 0.25) is 0 Å². The van der Waals surface area contributed by atoms with Crippen LogP contribution in [0.3, 0.4) is 0 Å². The first-order valence-electron chi connectivity index (χ1n) is 6.87. The molecule has 0 bridgehead atoms. The fraction of sp³-hybridized carbons (Fsp3) is 0.786. The van der Waals surface area contributed by atoms with Gasteiger partial charge < -0.3 is 10.6 Å². The third-order valence-electron chi connectivity index (χ3n) is 3.64. The maximum absolute atomic E-state index is 11.9. The van der Waals surface area contributed by atoms with Gasteiger partial charge in [-0.25, -0.2) is 0 Å². The molecule has 1 aliphatic carbocycles. The molecular formula is C14H26N2OS. The molecule has 18 heavy (non-hydrogen) atoms. The Morgan fingerprint density at radius 1 is 1.39 bits per heavy atom. The second-order valence-electron chi connectivity index (χ2n) is 4.98. The minimum Gasteiger partial charge on any atom is -0.355 e. The number of carbonyl (C=O) groups is 1. The highest BCUT2D eigenvalue weighted by Gasteiger charge is 2.32. The summed E-state index contributed by atoms with van der Waals surface area (Å²) in [7, 11) is 1.98. The summed E-state index contributed by atoms with van der Waals surface area (Å²) in [5.74, 6) is 2.10. The van der Waals surface area contributed by atoms with Crippen LogP contribution in [0.4, 0.5) is 0 Å². The molecule has 3 nitrogen and oxygen atoms in total. The molecule has 1 aliphatic rings. The van der Waals surface area contributed by atoms with E-state index in [0.717, 1.165) is 30.9 Å². The van der Waals surface area contributed by atoms with E-state index >= 15 is 0 Å². The summed E-state index contributed by atoms with van der Waals surface area (Å²) in [5, 5.41) is 6.39. The molecule has 0 atom stereocenters. The van der Waals surface area contributed by atoms with Crippen molar-refractivity contribution in [3.8, 4) is 0 Å². The summed E-state index contributed by atoms with van der Waals surface area (Å²) in [6.07, 6.45) is 8.56. The van der Waals surface area contributed by atoms with Crippen LogP contribution in [-0.4, -0.2) is 36.5 Å². The Bertz CT molecular complexity index is 263. The van der Waals surface area contributed by atoms with E-state index in [2.05, 4.69) is 17.2 Å². The van der Waals surface area contributed by atoms with Crippen molar-refractivity contribution in [2.75, 3.05) is 25.1 Å². The average Bonchev–Trinajstić information content (AvgIpc) is 2.39. The topological polar surface area (TPSA) is 41.1 Å². The van der Waals surface area contributed by atoms with Gasteiger partial charge in [-0.15, -0.1) is 6.58 Å². The van der Waals surface area contributed by atoms with Crippen molar-refractivity contribution < 1.29 is 4.79 Å². The Morgan fingerprint density at radius 3 is 2.72 bits per heavy atom. The number of amides is 1. The van der Waals surface area contributed by atoms with Gasteiger partial charge in [0.1, 0.15) is 0 Å². The highest BCUT2D eigenvalue weighted by atomic mass is 32.2. The van der Waals surface area contributed by atoms with Crippen LogP contribution in [0.5, 0.6) is 0 Å². The molecule has 0 saturated heterocycles. The lowest BCUT2D eigenvalue weighted by molar-refractivity contribution is -0.122. The highest BCUT2D eigenvalue weighted by molar-refractivity contribution is 7.99. The van der Waals surface area contributed by atoms with Crippen molar-refractivity contribution in [1.29, 1.82) is 0 Å². The number of nitrogens with one attached hydrogen (secondary N) is 2. The monoisotopic (exact) mass is 270 g/mol. The summed E-state index contributed by atoms with van der Waals surface area (Å²) in [6.45, 7) is 4.44. The second kappa shape index (κ2) is 8.59. The van der Waals surface area contributed by atoms with Gasteiger partial charge in [-0.3, -0.25) is 4.79 Å². The normalized spacial score (nSPS) is 18.3. The van der Waals surface area contributed by atoms with E-state index in [1.165, 1.54) is 19.3 Å². The third kappa shape index (κ3) is 5.44. The van der Waals surface area contributed by atoms with Crippen LogP contribution in [0.1, 0.15) is 38.5 Å². The van der Waals surface area contributed by atoms with Crippen LogP contribution >= 0.6 is 11.8 Å². The van der Waals surface area contributed by atoms with Crippen molar-refractivity contribution in [3.05, 3.63) is 12.7 Å². The molecule has 0 spiro atoms. The van der Waals surface area contributed by atoms with Crippen LogP contribution in [0, 0.1) is 0 Å². The maximum atomic E-state index is 11.9. The number of hydrogen-bond donors (Lipinski definition) is 2. The van der Waals surface area contributed by atoms with Gasteiger partial charge in [0, 0.05) is 30.0 Å².